The maximum Gasteiger partial charge on any atom is 0.191 e. The summed E-state index contributed by atoms with van der Waals surface area (Å²) in [4.78, 5) is 4.27. The van der Waals surface area contributed by atoms with Crippen LogP contribution in [0, 0.1) is 5.92 Å². The van der Waals surface area contributed by atoms with Gasteiger partial charge in [-0.05, 0) is 31.6 Å². The van der Waals surface area contributed by atoms with Gasteiger partial charge in [-0.1, -0.05) is 13.8 Å². The van der Waals surface area contributed by atoms with Crippen LogP contribution in [0.3, 0.4) is 0 Å². The predicted molar refractivity (Wildman–Crippen MR) is 85.7 cm³/mol. The van der Waals surface area contributed by atoms with E-state index in [1.807, 2.05) is 7.05 Å². The highest BCUT2D eigenvalue weighted by Gasteiger charge is 2.40. The standard InChI is InChI=1S/C13H25N3O.HI/c1-9(2)6-7-15-13(14-3)16-11-8-10-4-5-12(11)17-10;/h9-12H,4-8H2,1-3H3,(H2,14,15,16);1H. The van der Waals surface area contributed by atoms with Gasteiger partial charge in [0.1, 0.15) is 0 Å². The van der Waals surface area contributed by atoms with Gasteiger partial charge in [-0.25, -0.2) is 0 Å². The quantitative estimate of drug-likeness (QED) is 0.455. The van der Waals surface area contributed by atoms with E-state index < -0.39 is 0 Å². The second-order valence-corrected chi connectivity index (χ2v) is 5.54. The Kier molecular flexibility index (Phi) is 6.70. The lowest BCUT2D eigenvalue weighted by Crippen LogP contribution is -2.47. The number of rotatable bonds is 4. The van der Waals surface area contributed by atoms with E-state index in [9.17, 15) is 0 Å². The molecule has 0 radical (unpaired) electrons. The molecular formula is C13H26IN3O. The molecule has 106 valence electrons. The number of nitrogens with one attached hydrogen (secondary N) is 2. The summed E-state index contributed by atoms with van der Waals surface area (Å²) in [6, 6.07) is 0.457. The monoisotopic (exact) mass is 367 g/mol. The van der Waals surface area contributed by atoms with Crippen molar-refractivity contribution in [3.8, 4) is 0 Å². The maximum absolute atomic E-state index is 5.83. The molecule has 2 rings (SSSR count). The minimum absolute atomic E-state index is 0. The van der Waals surface area contributed by atoms with Crippen LogP contribution in [-0.2, 0) is 4.74 Å². The van der Waals surface area contributed by atoms with Crippen LogP contribution in [0.4, 0.5) is 0 Å². The first-order chi connectivity index (χ1) is 8.19. The van der Waals surface area contributed by atoms with Crippen LogP contribution < -0.4 is 10.6 Å². The largest absolute Gasteiger partial charge is 0.373 e. The summed E-state index contributed by atoms with van der Waals surface area (Å²) in [6.07, 6.45) is 5.65. The molecule has 0 saturated carbocycles. The summed E-state index contributed by atoms with van der Waals surface area (Å²) in [7, 11) is 1.83. The van der Waals surface area contributed by atoms with Gasteiger partial charge in [-0.15, -0.1) is 24.0 Å². The zero-order valence-electron chi connectivity index (χ0n) is 11.6. The molecule has 5 heteroatoms. The fraction of sp³-hybridized carbons (Fsp3) is 0.923. The van der Waals surface area contributed by atoms with Gasteiger partial charge in [-0.3, -0.25) is 4.99 Å². The zero-order valence-corrected chi connectivity index (χ0v) is 13.9. The average molecular weight is 367 g/mol. The summed E-state index contributed by atoms with van der Waals surface area (Å²) in [5, 5.41) is 6.86. The Morgan fingerprint density at radius 2 is 2.17 bits per heavy atom. The lowest BCUT2D eigenvalue weighted by molar-refractivity contribution is 0.0992. The first-order valence-electron chi connectivity index (χ1n) is 6.81. The lowest BCUT2D eigenvalue weighted by atomic mass is 9.96. The number of nitrogens with zero attached hydrogens (tertiary/aromatic N) is 1. The molecule has 2 aliphatic rings. The Morgan fingerprint density at radius 3 is 2.67 bits per heavy atom. The topological polar surface area (TPSA) is 45.7 Å². The number of fused-ring (bicyclic) bond motifs is 2. The van der Waals surface area contributed by atoms with E-state index in [4.69, 9.17) is 4.74 Å². The van der Waals surface area contributed by atoms with Crippen LogP contribution in [0.1, 0.15) is 39.5 Å². The number of hydrogen-bond donors (Lipinski definition) is 2. The summed E-state index contributed by atoms with van der Waals surface area (Å²) in [6.45, 7) is 5.46. The van der Waals surface area contributed by atoms with Crippen molar-refractivity contribution in [2.24, 2.45) is 10.9 Å². The molecule has 2 bridgehead atoms. The smallest absolute Gasteiger partial charge is 0.191 e. The van der Waals surface area contributed by atoms with Crippen molar-refractivity contribution >= 4 is 29.9 Å². The second-order valence-electron chi connectivity index (χ2n) is 5.54. The third kappa shape index (κ3) is 4.26. The van der Waals surface area contributed by atoms with E-state index in [-0.39, 0.29) is 24.0 Å². The highest BCUT2D eigenvalue weighted by Crippen LogP contribution is 2.34. The molecule has 4 nitrogen and oxygen atoms in total. The molecule has 3 atom stereocenters. The Bertz CT molecular complexity index is 283. The van der Waals surface area contributed by atoms with Crippen molar-refractivity contribution in [2.75, 3.05) is 13.6 Å². The minimum atomic E-state index is 0. The molecule has 0 aromatic rings. The van der Waals surface area contributed by atoms with Crippen molar-refractivity contribution < 1.29 is 4.74 Å². The van der Waals surface area contributed by atoms with Gasteiger partial charge < -0.3 is 15.4 Å². The molecular weight excluding hydrogens is 341 g/mol. The van der Waals surface area contributed by atoms with Crippen LogP contribution in [-0.4, -0.2) is 37.8 Å². The van der Waals surface area contributed by atoms with E-state index in [1.165, 1.54) is 19.3 Å². The molecule has 2 aliphatic heterocycles. The molecule has 0 aromatic carbocycles. The molecule has 0 aromatic heterocycles. The summed E-state index contributed by atoms with van der Waals surface area (Å²) in [5.74, 6) is 1.65. The Morgan fingerprint density at radius 1 is 1.39 bits per heavy atom. The van der Waals surface area contributed by atoms with E-state index >= 15 is 0 Å². The van der Waals surface area contributed by atoms with Gasteiger partial charge >= 0.3 is 0 Å². The molecule has 2 heterocycles. The van der Waals surface area contributed by atoms with Crippen LogP contribution in [0.5, 0.6) is 0 Å². The van der Waals surface area contributed by atoms with Gasteiger partial charge in [-0.2, -0.15) is 0 Å². The zero-order chi connectivity index (χ0) is 12.3. The SMILES string of the molecule is CN=C(NCCC(C)C)NC1CC2CCC1O2.I. The van der Waals surface area contributed by atoms with E-state index in [1.54, 1.807) is 0 Å². The second kappa shape index (κ2) is 7.53. The number of aliphatic imine (C=N–C) groups is 1. The molecule has 18 heavy (non-hydrogen) atoms. The average Bonchev–Trinajstić information content (AvgIpc) is 2.89. The third-order valence-corrected chi connectivity index (χ3v) is 3.67. The van der Waals surface area contributed by atoms with E-state index in [0.717, 1.165) is 24.8 Å². The van der Waals surface area contributed by atoms with Crippen molar-refractivity contribution in [1.29, 1.82) is 0 Å². The van der Waals surface area contributed by atoms with Gasteiger partial charge in [0.2, 0.25) is 0 Å². The normalized spacial score (nSPS) is 30.4. The van der Waals surface area contributed by atoms with Crippen LogP contribution in [0.15, 0.2) is 4.99 Å². The van der Waals surface area contributed by atoms with E-state index in [2.05, 4.69) is 29.5 Å². The predicted octanol–water partition coefficient (Wildman–Crippen LogP) is 2.14. The molecule has 3 unspecified atom stereocenters. The van der Waals surface area contributed by atoms with Gasteiger partial charge in [0, 0.05) is 13.6 Å². The van der Waals surface area contributed by atoms with Crippen molar-refractivity contribution in [1.82, 2.24) is 10.6 Å². The van der Waals surface area contributed by atoms with Gasteiger partial charge in [0.05, 0.1) is 18.2 Å². The molecule has 2 saturated heterocycles. The first kappa shape index (κ1) is 16.0. The van der Waals surface area contributed by atoms with Crippen LogP contribution >= 0.6 is 24.0 Å². The van der Waals surface area contributed by atoms with Crippen LogP contribution in [0.2, 0.25) is 0 Å². The fourth-order valence-electron chi connectivity index (χ4n) is 2.64. The summed E-state index contributed by atoms with van der Waals surface area (Å²) in [5.41, 5.74) is 0. The molecule has 0 aliphatic carbocycles. The molecule has 0 amide bonds. The molecule has 2 fully saturated rings. The number of hydrogen-bond acceptors (Lipinski definition) is 2. The number of guanidine groups is 1. The maximum atomic E-state index is 5.83. The van der Waals surface area contributed by atoms with Gasteiger partial charge in [0.15, 0.2) is 5.96 Å². The lowest BCUT2D eigenvalue weighted by Gasteiger charge is -2.22. The highest BCUT2D eigenvalue weighted by molar-refractivity contribution is 14.0. The van der Waals surface area contributed by atoms with E-state index in [0.29, 0.717) is 18.2 Å². The highest BCUT2D eigenvalue weighted by atomic mass is 127. The summed E-state index contributed by atoms with van der Waals surface area (Å²) < 4.78 is 5.83. The first-order valence-corrected chi connectivity index (χ1v) is 6.81. The molecule has 2 N–H and O–H groups in total. The van der Waals surface area contributed by atoms with Crippen molar-refractivity contribution in [2.45, 2.75) is 57.8 Å². The Hall–Kier alpha value is -0.0400. The Labute approximate surface area is 127 Å². The van der Waals surface area contributed by atoms with Crippen molar-refractivity contribution in [3.63, 3.8) is 0 Å². The fourth-order valence-corrected chi connectivity index (χ4v) is 2.64. The minimum Gasteiger partial charge on any atom is -0.373 e. The number of halogens is 1. The third-order valence-electron chi connectivity index (χ3n) is 3.67. The Balaban J connectivity index is 0.00000162. The molecule has 0 spiro atoms. The number of ether oxygens (including phenoxy) is 1. The van der Waals surface area contributed by atoms with Gasteiger partial charge in [0.25, 0.3) is 0 Å². The van der Waals surface area contributed by atoms with Crippen LogP contribution in [0.25, 0.3) is 0 Å². The summed E-state index contributed by atoms with van der Waals surface area (Å²) >= 11 is 0. The van der Waals surface area contributed by atoms with Crippen molar-refractivity contribution in [3.05, 3.63) is 0 Å².